The molecule has 2 nitrogen and oxygen atoms in total. The Balaban J connectivity index is 1.86. The van der Waals surface area contributed by atoms with Crippen LogP contribution in [-0.2, 0) is 4.74 Å². The predicted molar refractivity (Wildman–Crippen MR) is 75.8 cm³/mol. The Morgan fingerprint density at radius 3 is 2.95 bits per heavy atom. The Labute approximate surface area is 115 Å². The maximum Gasteiger partial charge on any atom is 0.126 e. The summed E-state index contributed by atoms with van der Waals surface area (Å²) in [6, 6.07) is 5.76. The molecule has 2 atom stereocenters. The van der Waals surface area contributed by atoms with Crippen molar-refractivity contribution in [2.24, 2.45) is 0 Å². The quantitative estimate of drug-likeness (QED) is 0.846. The lowest BCUT2D eigenvalue weighted by molar-refractivity contribution is 0.101. The molecule has 2 unspecified atom stereocenters. The maximum atomic E-state index is 13.6. The molecular weight excluding hydrogens is 241 g/mol. The molecule has 19 heavy (non-hydrogen) atoms. The second kappa shape index (κ2) is 7.01. The average Bonchev–Trinajstić information content (AvgIpc) is 2.91. The van der Waals surface area contributed by atoms with Gasteiger partial charge in [0.2, 0.25) is 0 Å². The molecule has 1 aromatic carbocycles. The van der Waals surface area contributed by atoms with Gasteiger partial charge in [0.05, 0.1) is 6.10 Å². The molecule has 0 saturated carbocycles. The highest BCUT2D eigenvalue weighted by Gasteiger charge is 2.16. The third-order valence-corrected chi connectivity index (χ3v) is 3.99. The second-order valence-corrected chi connectivity index (χ2v) is 5.42. The van der Waals surface area contributed by atoms with Crippen LogP contribution in [0.4, 0.5) is 4.39 Å². The molecule has 1 aliphatic rings. The van der Waals surface area contributed by atoms with E-state index in [9.17, 15) is 4.39 Å². The van der Waals surface area contributed by atoms with E-state index in [0.29, 0.717) is 11.7 Å². The summed E-state index contributed by atoms with van der Waals surface area (Å²) < 4.78 is 19.2. The van der Waals surface area contributed by atoms with Crippen molar-refractivity contribution in [1.82, 2.24) is 5.32 Å². The van der Waals surface area contributed by atoms with Crippen molar-refractivity contribution >= 4 is 0 Å². The fraction of sp³-hybridized carbons (Fsp3) is 0.625. The molecular formula is C16H24FNO. The lowest BCUT2D eigenvalue weighted by Gasteiger charge is -2.18. The van der Waals surface area contributed by atoms with E-state index in [2.05, 4.69) is 5.32 Å². The summed E-state index contributed by atoms with van der Waals surface area (Å²) in [5, 5.41) is 3.28. The average molecular weight is 265 g/mol. The molecule has 1 heterocycles. The smallest absolute Gasteiger partial charge is 0.126 e. The molecule has 3 heteroatoms. The number of aryl methyl sites for hydroxylation is 1. The summed E-state index contributed by atoms with van der Waals surface area (Å²) in [6.07, 6.45) is 6.11. The molecule has 0 aromatic heterocycles. The summed E-state index contributed by atoms with van der Waals surface area (Å²) >= 11 is 0. The van der Waals surface area contributed by atoms with Crippen LogP contribution in [0.5, 0.6) is 0 Å². The van der Waals surface area contributed by atoms with Crippen LogP contribution in [0.3, 0.4) is 0 Å². The number of ether oxygens (including phenoxy) is 1. The summed E-state index contributed by atoms with van der Waals surface area (Å²) in [7, 11) is 1.94. The highest BCUT2D eigenvalue weighted by molar-refractivity contribution is 5.25. The number of benzene rings is 1. The van der Waals surface area contributed by atoms with Gasteiger partial charge in [-0.15, -0.1) is 0 Å². The van der Waals surface area contributed by atoms with Crippen LogP contribution in [0.15, 0.2) is 18.2 Å². The Morgan fingerprint density at radius 1 is 1.47 bits per heavy atom. The van der Waals surface area contributed by atoms with Gasteiger partial charge in [-0.3, -0.25) is 0 Å². The first-order valence-electron chi connectivity index (χ1n) is 7.25. The minimum Gasteiger partial charge on any atom is -0.378 e. The van der Waals surface area contributed by atoms with Crippen molar-refractivity contribution in [1.29, 1.82) is 0 Å². The van der Waals surface area contributed by atoms with E-state index in [4.69, 9.17) is 4.74 Å². The fourth-order valence-electron chi connectivity index (χ4n) is 2.73. The fourth-order valence-corrected chi connectivity index (χ4v) is 2.73. The first-order chi connectivity index (χ1) is 9.20. The lowest BCUT2D eigenvalue weighted by atomic mass is 9.98. The van der Waals surface area contributed by atoms with Crippen LogP contribution in [0, 0.1) is 12.7 Å². The van der Waals surface area contributed by atoms with E-state index < -0.39 is 0 Å². The molecule has 0 radical (unpaired) electrons. The summed E-state index contributed by atoms with van der Waals surface area (Å²) in [6.45, 7) is 2.72. The maximum absolute atomic E-state index is 13.6. The summed E-state index contributed by atoms with van der Waals surface area (Å²) in [5.41, 5.74) is 1.75. The second-order valence-electron chi connectivity index (χ2n) is 5.42. The molecule has 1 aromatic rings. The highest BCUT2D eigenvalue weighted by atomic mass is 19.1. The molecule has 0 bridgehead atoms. The third-order valence-electron chi connectivity index (χ3n) is 3.99. The number of hydrogen-bond donors (Lipinski definition) is 1. The molecule has 106 valence electrons. The van der Waals surface area contributed by atoms with Gasteiger partial charge in [-0.2, -0.15) is 0 Å². The van der Waals surface area contributed by atoms with Gasteiger partial charge in [0.1, 0.15) is 5.82 Å². The molecule has 1 N–H and O–H groups in total. The van der Waals surface area contributed by atoms with Gasteiger partial charge in [0, 0.05) is 12.6 Å². The highest BCUT2D eigenvalue weighted by Crippen LogP contribution is 2.24. The topological polar surface area (TPSA) is 21.3 Å². The minimum absolute atomic E-state index is 0.114. The van der Waals surface area contributed by atoms with Crippen LogP contribution in [0.1, 0.15) is 49.3 Å². The Bertz CT molecular complexity index is 402. The molecule has 0 amide bonds. The molecule has 1 aliphatic heterocycles. The number of rotatable bonds is 6. The van der Waals surface area contributed by atoms with Crippen molar-refractivity contribution in [2.75, 3.05) is 13.7 Å². The molecule has 2 rings (SSSR count). The Morgan fingerprint density at radius 2 is 2.32 bits per heavy atom. The molecule has 1 saturated heterocycles. The van der Waals surface area contributed by atoms with Crippen LogP contribution in [0.25, 0.3) is 0 Å². The first-order valence-corrected chi connectivity index (χ1v) is 7.25. The van der Waals surface area contributed by atoms with Crippen LogP contribution < -0.4 is 5.32 Å². The zero-order valence-corrected chi connectivity index (χ0v) is 11.9. The zero-order valence-electron chi connectivity index (χ0n) is 11.9. The minimum atomic E-state index is -0.114. The normalized spacial score (nSPS) is 20.7. The lowest BCUT2D eigenvalue weighted by Crippen LogP contribution is -2.17. The van der Waals surface area contributed by atoms with Crippen LogP contribution >= 0.6 is 0 Å². The van der Waals surface area contributed by atoms with E-state index in [1.54, 1.807) is 13.0 Å². The van der Waals surface area contributed by atoms with E-state index in [1.165, 1.54) is 12.8 Å². The van der Waals surface area contributed by atoms with Gasteiger partial charge in [-0.25, -0.2) is 4.39 Å². The van der Waals surface area contributed by atoms with Gasteiger partial charge in [-0.05, 0) is 63.3 Å². The molecule has 1 fully saturated rings. The first kappa shape index (κ1) is 14.5. The standard InChI is InChI=1S/C16H24FNO/c1-12-8-9-13(11-15(12)17)16(18-2)7-3-5-14-6-4-10-19-14/h8-9,11,14,16,18H,3-7,10H2,1-2H3. The van der Waals surface area contributed by atoms with E-state index in [1.807, 2.05) is 19.2 Å². The van der Waals surface area contributed by atoms with Gasteiger partial charge in [0.25, 0.3) is 0 Å². The monoisotopic (exact) mass is 265 g/mol. The SMILES string of the molecule is CNC(CCCC1CCCO1)c1ccc(C)c(F)c1. The molecule has 0 aliphatic carbocycles. The Hall–Kier alpha value is -0.930. The zero-order chi connectivity index (χ0) is 13.7. The number of halogens is 1. The summed E-state index contributed by atoms with van der Waals surface area (Å²) in [5.74, 6) is -0.114. The van der Waals surface area contributed by atoms with Crippen molar-refractivity contribution in [2.45, 2.75) is 51.2 Å². The number of hydrogen-bond acceptors (Lipinski definition) is 2. The van der Waals surface area contributed by atoms with E-state index >= 15 is 0 Å². The largest absolute Gasteiger partial charge is 0.378 e. The van der Waals surface area contributed by atoms with Crippen molar-refractivity contribution in [3.8, 4) is 0 Å². The third kappa shape index (κ3) is 4.02. The van der Waals surface area contributed by atoms with Gasteiger partial charge >= 0.3 is 0 Å². The van der Waals surface area contributed by atoms with Gasteiger partial charge in [0.15, 0.2) is 0 Å². The van der Waals surface area contributed by atoms with Gasteiger partial charge < -0.3 is 10.1 Å². The summed E-state index contributed by atoms with van der Waals surface area (Å²) in [4.78, 5) is 0. The Kier molecular flexibility index (Phi) is 5.34. The van der Waals surface area contributed by atoms with Crippen molar-refractivity contribution in [3.05, 3.63) is 35.1 Å². The van der Waals surface area contributed by atoms with Crippen LogP contribution in [-0.4, -0.2) is 19.8 Å². The van der Waals surface area contributed by atoms with E-state index in [0.717, 1.165) is 31.4 Å². The van der Waals surface area contributed by atoms with E-state index in [-0.39, 0.29) is 11.9 Å². The van der Waals surface area contributed by atoms with Crippen LogP contribution in [0.2, 0.25) is 0 Å². The van der Waals surface area contributed by atoms with Gasteiger partial charge in [-0.1, -0.05) is 12.1 Å². The van der Waals surface area contributed by atoms with Crippen molar-refractivity contribution < 1.29 is 9.13 Å². The predicted octanol–water partition coefficient (Wildman–Crippen LogP) is 3.74. The van der Waals surface area contributed by atoms with Crippen molar-refractivity contribution in [3.63, 3.8) is 0 Å². The molecule has 0 spiro atoms. The number of nitrogens with one attached hydrogen (secondary N) is 1.